The summed E-state index contributed by atoms with van der Waals surface area (Å²) in [5.74, 6) is 1.35. The van der Waals surface area contributed by atoms with Crippen LogP contribution < -0.4 is 9.47 Å². The van der Waals surface area contributed by atoms with Crippen molar-refractivity contribution in [1.82, 2.24) is 0 Å². The molecular formula is C10H9IO3. The first-order valence-electron chi connectivity index (χ1n) is 4.26. The minimum absolute atomic E-state index is 0.128. The fraction of sp³-hybridized carbons (Fsp3) is 0.300. The van der Waals surface area contributed by atoms with Crippen molar-refractivity contribution in [3.63, 3.8) is 0 Å². The van der Waals surface area contributed by atoms with Gasteiger partial charge < -0.3 is 9.47 Å². The molecule has 0 atom stereocenters. The lowest BCUT2D eigenvalue weighted by Gasteiger charge is -2.18. The molecule has 0 aromatic heterocycles. The summed E-state index contributed by atoms with van der Waals surface area (Å²) >= 11 is 2.16. The van der Waals surface area contributed by atoms with Crippen molar-refractivity contribution in [2.75, 3.05) is 13.7 Å². The summed E-state index contributed by atoms with van der Waals surface area (Å²) in [6.45, 7) is 0.447. The summed E-state index contributed by atoms with van der Waals surface area (Å²) in [6, 6.07) is 3.69. The first-order chi connectivity index (χ1) is 6.72. The number of methoxy groups -OCH3 is 1. The zero-order valence-electron chi connectivity index (χ0n) is 7.67. The molecule has 0 unspecified atom stereocenters. The second-order valence-corrected chi connectivity index (χ2v) is 4.25. The summed E-state index contributed by atoms with van der Waals surface area (Å²) in [4.78, 5) is 11.6. The highest BCUT2D eigenvalue weighted by Crippen LogP contribution is 2.36. The molecule has 4 heteroatoms. The van der Waals surface area contributed by atoms with Gasteiger partial charge in [0.1, 0.15) is 0 Å². The fourth-order valence-electron chi connectivity index (χ4n) is 1.46. The summed E-state index contributed by atoms with van der Waals surface area (Å²) in [5, 5.41) is 0. The van der Waals surface area contributed by atoms with Crippen molar-refractivity contribution < 1.29 is 14.3 Å². The number of fused-ring (bicyclic) bond motifs is 1. The molecule has 1 aromatic rings. The molecule has 14 heavy (non-hydrogen) atoms. The number of halogens is 1. The average Bonchev–Trinajstić information content (AvgIpc) is 2.18. The zero-order valence-corrected chi connectivity index (χ0v) is 9.83. The van der Waals surface area contributed by atoms with E-state index in [1.165, 1.54) is 0 Å². The highest BCUT2D eigenvalue weighted by atomic mass is 127. The minimum atomic E-state index is 0.128. The molecule has 1 aliphatic heterocycles. The van der Waals surface area contributed by atoms with Crippen molar-refractivity contribution in [2.24, 2.45) is 0 Å². The molecule has 1 aliphatic rings. The summed E-state index contributed by atoms with van der Waals surface area (Å²) in [7, 11) is 1.58. The molecule has 0 fully saturated rings. The van der Waals surface area contributed by atoms with E-state index in [9.17, 15) is 4.79 Å². The number of hydrogen-bond acceptors (Lipinski definition) is 3. The average molecular weight is 304 g/mol. The van der Waals surface area contributed by atoms with Gasteiger partial charge in [0.05, 0.1) is 19.3 Å². The highest BCUT2D eigenvalue weighted by molar-refractivity contribution is 14.1. The van der Waals surface area contributed by atoms with Crippen molar-refractivity contribution in [2.45, 2.75) is 6.42 Å². The first-order valence-corrected chi connectivity index (χ1v) is 5.34. The third-order valence-corrected chi connectivity index (χ3v) is 2.74. The van der Waals surface area contributed by atoms with Crippen LogP contribution in [0, 0.1) is 3.57 Å². The van der Waals surface area contributed by atoms with Gasteiger partial charge in [0.25, 0.3) is 0 Å². The Kier molecular flexibility index (Phi) is 2.62. The number of ketones is 1. The highest BCUT2D eigenvalue weighted by Gasteiger charge is 2.22. The first kappa shape index (κ1) is 9.76. The molecule has 3 nitrogen and oxygen atoms in total. The van der Waals surface area contributed by atoms with Crippen LogP contribution in [-0.4, -0.2) is 19.5 Å². The van der Waals surface area contributed by atoms with Gasteiger partial charge in [0.15, 0.2) is 17.3 Å². The van der Waals surface area contributed by atoms with Crippen LogP contribution in [0.3, 0.4) is 0 Å². The van der Waals surface area contributed by atoms with Crippen molar-refractivity contribution in [3.05, 3.63) is 21.3 Å². The van der Waals surface area contributed by atoms with Crippen LogP contribution in [0.2, 0.25) is 0 Å². The van der Waals surface area contributed by atoms with Crippen LogP contribution >= 0.6 is 22.6 Å². The van der Waals surface area contributed by atoms with Gasteiger partial charge in [-0.3, -0.25) is 4.79 Å². The SMILES string of the molecule is COc1cc(I)cc2c1OCCC2=O. The molecule has 1 heterocycles. The smallest absolute Gasteiger partial charge is 0.172 e. The van der Waals surface area contributed by atoms with E-state index < -0.39 is 0 Å². The molecular weight excluding hydrogens is 295 g/mol. The van der Waals surface area contributed by atoms with E-state index >= 15 is 0 Å². The number of carbonyl (C=O) groups excluding carboxylic acids is 1. The van der Waals surface area contributed by atoms with Gasteiger partial charge in [0, 0.05) is 9.99 Å². The van der Waals surface area contributed by atoms with E-state index in [2.05, 4.69) is 22.6 Å². The lowest BCUT2D eigenvalue weighted by molar-refractivity contribution is 0.0930. The van der Waals surface area contributed by atoms with E-state index in [4.69, 9.17) is 9.47 Å². The predicted octanol–water partition coefficient (Wildman–Crippen LogP) is 2.27. The molecule has 0 radical (unpaired) electrons. The lowest BCUT2D eigenvalue weighted by atomic mass is 10.0. The van der Waals surface area contributed by atoms with Gasteiger partial charge in [-0.2, -0.15) is 0 Å². The van der Waals surface area contributed by atoms with Crippen LogP contribution in [0.25, 0.3) is 0 Å². The molecule has 0 aliphatic carbocycles. The summed E-state index contributed by atoms with van der Waals surface area (Å²) in [6.07, 6.45) is 0.455. The molecule has 0 amide bonds. The van der Waals surface area contributed by atoms with Crippen LogP contribution in [-0.2, 0) is 0 Å². The van der Waals surface area contributed by atoms with Crippen molar-refractivity contribution >= 4 is 28.4 Å². The lowest BCUT2D eigenvalue weighted by Crippen LogP contribution is -2.16. The summed E-state index contributed by atoms with van der Waals surface area (Å²) < 4.78 is 11.6. The van der Waals surface area contributed by atoms with Gasteiger partial charge in [-0.1, -0.05) is 0 Å². The number of benzene rings is 1. The normalized spacial score (nSPS) is 14.6. The quantitative estimate of drug-likeness (QED) is 0.747. The molecule has 0 saturated heterocycles. The predicted molar refractivity (Wildman–Crippen MR) is 60.2 cm³/mol. The maximum Gasteiger partial charge on any atom is 0.172 e. The van der Waals surface area contributed by atoms with Gasteiger partial charge in [-0.05, 0) is 34.7 Å². The van der Waals surface area contributed by atoms with E-state index in [1.54, 1.807) is 7.11 Å². The molecule has 0 spiro atoms. The maximum atomic E-state index is 11.6. The van der Waals surface area contributed by atoms with E-state index in [0.717, 1.165) is 3.57 Å². The number of carbonyl (C=O) groups is 1. The molecule has 0 N–H and O–H groups in total. The Morgan fingerprint density at radius 2 is 2.29 bits per heavy atom. The van der Waals surface area contributed by atoms with E-state index in [0.29, 0.717) is 30.1 Å². The monoisotopic (exact) mass is 304 g/mol. The summed E-state index contributed by atoms with van der Waals surface area (Å²) in [5.41, 5.74) is 0.639. The molecule has 2 rings (SSSR count). The number of ether oxygens (including phenoxy) is 2. The van der Waals surface area contributed by atoms with Crippen LogP contribution in [0.1, 0.15) is 16.8 Å². The second kappa shape index (κ2) is 3.76. The zero-order chi connectivity index (χ0) is 10.1. The maximum absolute atomic E-state index is 11.6. The molecule has 1 aromatic carbocycles. The van der Waals surface area contributed by atoms with Crippen LogP contribution in [0.15, 0.2) is 12.1 Å². The Hall–Kier alpha value is -0.780. The second-order valence-electron chi connectivity index (χ2n) is 3.01. The number of Topliss-reactive ketones (excluding diaryl/α,β-unsaturated/α-hetero) is 1. The Balaban J connectivity index is 2.60. The standard InChI is InChI=1S/C10H9IO3/c1-13-9-5-6(11)4-7-8(12)2-3-14-10(7)9/h4-5H,2-3H2,1H3. The van der Waals surface area contributed by atoms with Crippen molar-refractivity contribution in [3.8, 4) is 11.5 Å². The van der Waals surface area contributed by atoms with Gasteiger partial charge in [0.2, 0.25) is 0 Å². The third kappa shape index (κ3) is 1.58. The van der Waals surface area contributed by atoms with E-state index in [1.807, 2.05) is 12.1 Å². The Bertz CT molecular complexity index is 387. The topological polar surface area (TPSA) is 35.5 Å². The number of hydrogen-bond donors (Lipinski definition) is 0. The largest absolute Gasteiger partial charge is 0.493 e. The Morgan fingerprint density at radius 3 is 3.00 bits per heavy atom. The van der Waals surface area contributed by atoms with E-state index in [-0.39, 0.29) is 5.78 Å². The van der Waals surface area contributed by atoms with Crippen LogP contribution in [0.5, 0.6) is 11.5 Å². The van der Waals surface area contributed by atoms with Gasteiger partial charge >= 0.3 is 0 Å². The van der Waals surface area contributed by atoms with Gasteiger partial charge in [-0.15, -0.1) is 0 Å². The third-order valence-electron chi connectivity index (χ3n) is 2.12. The minimum Gasteiger partial charge on any atom is -0.493 e. The molecule has 0 saturated carbocycles. The number of rotatable bonds is 1. The fourth-order valence-corrected chi connectivity index (χ4v) is 2.05. The molecule has 0 bridgehead atoms. The Labute approximate surface area is 95.5 Å². The Morgan fingerprint density at radius 1 is 1.50 bits per heavy atom. The van der Waals surface area contributed by atoms with Crippen LogP contribution in [0.4, 0.5) is 0 Å². The van der Waals surface area contributed by atoms with Crippen molar-refractivity contribution in [1.29, 1.82) is 0 Å². The van der Waals surface area contributed by atoms with Gasteiger partial charge in [-0.25, -0.2) is 0 Å². The molecule has 74 valence electrons.